The third kappa shape index (κ3) is 2.20. The summed E-state index contributed by atoms with van der Waals surface area (Å²) in [5.41, 5.74) is 8.17. The van der Waals surface area contributed by atoms with Gasteiger partial charge in [0.1, 0.15) is 0 Å². The largest absolute Gasteiger partial charge is 0.324 e. The highest BCUT2D eigenvalue weighted by molar-refractivity contribution is 5.19. The molecule has 1 aliphatic carbocycles. The summed E-state index contributed by atoms with van der Waals surface area (Å²) in [5, 5.41) is 0. The molecule has 0 saturated carbocycles. The second-order valence-electron chi connectivity index (χ2n) is 6.57. The zero-order chi connectivity index (χ0) is 11.1. The standard InChI is InChI=1S/C13H25N/c1-9-7-10(14)8-13(5,6)11(9)12(2,3)4/h7,10-11H,8,14H2,1-6H3. The van der Waals surface area contributed by atoms with Gasteiger partial charge in [0.05, 0.1) is 0 Å². The van der Waals surface area contributed by atoms with E-state index in [-0.39, 0.29) is 6.04 Å². The number of allylic oxidation sites excluding steroid dienone is 1. The molecule has 0 aliphatic heterocycles. The van der Waals surface area contributed by atoms with Crippen molar-refractivity contribution in [2.45, 2.75) is 54.0 Å². The minimum Gasteiger partial charge on any atom is -0.324 e. The van der Waals surface area contributed by atoms with Crippen LogP contribution in [0.15, 0.2) is 11.6 Å². The maximum absolute atomic E-state index is 6.03. The van der Waals surface area contributed by atoms with E-state index in [9.17, 15) is 0 Å². The first kappa shape index (κ1) is 11.8. The van der Waals surface area contributed by atoms with Crippen molar-refractivity contribution in [2.24, 2.45) is 22.5 Å². The lowest BCUT2D eigenvalue weighted by Crippen LogP contribution is -2.43. The lowest BCUT2D eigenvalue weighted by atomic mass is 9.58. The molecule has 0 fully saturated rings. The van der Waals surface area contributed by atoms with Gasteiger partial charge in [0.25, 0.3) is 0 Å². The average Bonchev–Trinajstić information content (AvgIpc) is 1.75. The Morgan fingerprint density at radius 1 is 1.36 bits per heavy atom. The van der Waals surface area contributed by atoms with Crippen LogP contribution in [0, 0.1) is 16.7 Å². The monoisotopic (exact) mass is 195 g/mol. The molecule has 0 spiro atoms. The van der Waals surface area contributed by atoms with Gasteiger partial charge in [-0.15, -0.1) is 0 Å². The van der Waals surface area contributed by atoms with Crippen molar-refractivity contribution in [3.05, 3.63) is 11.6 Å². The second-order valence-corrected chi connectivity index (χ2v) is 6.57. The topological polar surface area (TPSA) is 26.0 Å². The van der Waals surface area contributed by atoms with E-state index >= 15 is 0 Å². The van der Waals surface area contributed by atoms with Crippen LogP contribution >= 0.6 is 0 Å². The molecule has 0 amide bonds. The van der Waals surface area contributed by atoms with Gasteiger partial charge in [-0.05, 0) is 30.1 Å². The second kappa shape index (κ2) is 3.37. The molecule has 1 aliphatic rings. The van der Waals surface area contributed by atoms with Crippen LogP contribution < -0.4 is 5.73 Å². The molecule has 0 heterocycles. The van der Waals surface area contributed by atoms with Crippen LogP contribution in [0.3, 0.4) is 0 Å². The molecular formula is C13H25N. The molecule has 0 radical (unpaired) electrons. The predicted octanol–water partition coefficient (Wildman–Crippen LogP) is 3.35. The minimum absolute atomic E-state index is 0.253. The molecule has 2 unspecified atom stereocenters. The van der Waals surface area contributed by atoms with E-state index in [0.717, 1.165) is 6.42 Å². The van der Waals surface area contributed by atoms with E-state index in [1.165, 1.54) is 5.57 Å². The molecule has 2 N–H and O–H groups in total. The molecule has 1 heteroatoms. The van der Waals surface area contributed by atoms with Crippen molar-refractivity contribution in [3.8, 4) is 0 Å². The maximum Gasteiger partial charge on any atom is 0.0231 e. The smallest absolute Gasteiger partial charge is 0.0231 e. The van der Waals surface area contributed by atoms with Crippen LogP contribution in [-0.4, -0.2) is 6.04 Å². The van der Waals surface area contributed by atoms with Crippen LogP contribution in [0.25, 0.3) is 0 Å². The summed E-state index contributed by atoms with van der Waals surface area (Å²) in [6.45, 7) is 13.9. The van der Waals surface area contributed by atoms with Gasteiger partial charge in [-0.1, -0.05) is 46.3 Å². The Morgan fingerprint density at radius 3 is 2.21 bits per heavy atom. The van der Waals surface area contributed by atoms with Crippen molar-refractivity contribution in [3.63, 3.8) is 0 Å². The predicted molar refractivity (Wildman–Crippen MR) is 63.1 cm³/mol. The molecule has 82 valence electrons. The fourth-order valence-corrected chi connectivity index (χ4v) is 3.69. The first-order valence-electron chi connectivity index (χ1n) is 5.58. The van der Waals surface area contributed by atoms with E-state index in [4.69, 9.17) is 5.73 Å². The Kier molecular flexibility index (Phi) is 2.84. The van der Waals surface area contributed by atoms with Gasteiger partial charge in [-0.2, -0.15) is 0 Å². The van der Waals surface area contributed by atoms with Gasteiger partial charge in [0, 0.05) is 6.04 Å². The van der Waals surface area contributed by atoms with E-state index in [1.807, 2.05) is 0 Å². The molecule has 0 aromatic carbocycles. The normalized spacial score (nSPS) is 32.6. The maximum atomic E-state index is 6.03. The third-order valence-corrected chi connectivity index (χ3v) is 3.34. The highest BCUT2D eigenvalue weighted by Gasteiger charge is 2.41. The number of hydrogen-bond donors (Lipinski definition) is 1. The van der Waals surface area contributed by atoms with Crippen molar-refractivity contribution in [2.75, 3.05) is 0 Å². The molecule has 1 nitrogen and oxygen atoms in total. The van der Waals surface area contributed by atoms with Gasteiger partial charge in [-0.3, -0.25) is 0 Å². The lowest BCUT2D eigenvalue weighted by molar-refractivity contribution is 0.0965. The molecule has 0 aromatic heterocycles. The lowest BCUT2D eigenvalue weighted by Gasteiger charge is -2.47. The van der Waals surface area contributed by atoms with Gasteiger partial charge >= 0.3 is 0 Å². The van der Waals surface area contributed by atoms with Crippen LogP contribution in [0.2, 0.25) is 0 Å². The summed E-state index contributed by atoms with van der Waals surface area (Å²) in [5.74, 6) is 0.648. The first-order chi connectivity index (χ1) is 6.14. The Morgan fingerprint density at radius 2 is 1.86 bits per heavy atom. The van der Waals surface area contributed by atoms with Gasteiger partial charge < -0.3 is 5.73 Å². The molecule has 14 heavy (non-hydrogen) atoms. The average molecular weight is 195 g/mol. The molecule has 0 aromatic rings. The third-order valence-electron chi connectivity index (χ3n) is 3.34. The highest BCUT2D eigenvalue weighted by Crippen LogP contribution is 2.49. The van der Waals surface area contributed by atoms with Crippen molar-refractivity contribution >= 4 is 0 Å². The first-order valence-corrected chi connectivity index (χ1v) is 5.58. The molecule has 0 saturated heterocycles. The van der Waals surface area contributed by atoms with Crippen LogP contribution in [0.5, 0.6) is 0 Å². The highest BCUT2D eigenvalue weighted by atomic mass is 14.7. The summed E-state index contributed by atoms with van der Waals surface area (Å²) >= 11 is 0. The Hall–Kier alpha value is -0.300. The van der Waals surface area contributed by atoms with Crippen molar-refractivity contribution in [1.29, 1.82) is 0 Å². The molecule has 2 atom stereocenters. The van der Waals surface area contributed by atoms with Crippen LogP contribution in [0.1, 0.15) is 48.0 Å². The Balaban J connectivity index is 3.08. The van der Waals surface area contributed by atoms with Gasteiger partial charge in [0.2, 0.25) is 0 Å². The van der Waals surface area contributed by atoms with E-state index in [2.05, 4.69) is 47.6 Å². The van der Waals surface area contributed by atoms with E-state index in [1.54, 1.807) is 0 Å². The van der Waals surface area contributed by atoms with Gasteiger partial charge in [-0.25, -0.2) is 0 Å². The van der Waals surface area contributed by atoms with E-state index < -0.39 is 0 Å². The molecule has 1 rings (SSSR count). The SMILES string of the molecule is CC1=CC(N)CC(C)(C)C1C(C)(C)C. The summed E-state index contributed by atoms with van der Waals surface area (Å²) < 4.78 is 0. The quantitative estimate of drug-likeness (QED) is 0.589. The fourth-order valence-electron chi connectivity index (χ4n) is 3.69. The van der Waals surface area contributed by atoms with Gasteiger partial charge in [0.15, 0.2) is 0 Å². The summed E-state index contributed by atoms with van der Waals surface area (Å²) in [7, 11) is 0. The number of nitrogens with two attached hydrogens (primary N) is 1. The summed E-state index contributed by atoms with van der Waals surface area (Å²) in [6.07, 6.45) is 3.35. The summed E-state index contributed by atoms with van der Waals surface area (Å²) in [4.78, 5) is 0. The fraction of sp³-hybridized carbons (Fsp3) is 0.846. The van der Waals surface area contributed by atoms with Crippen LogP contribution in [-0.2, 0) is 0 Å². The molecule has 0 bridgehead atoms. The van der Waals surface area contributed by atoms with Crippen molar-refractivity contribution < 1.29 is 0 Å². The number of rotatable bonds is 0. The number of hydrogen-bond acceptors (Lipinski definition) is 1. The zero-order valence-electron chi connectivity index (χ0n) is 10.5. The minimum atomic E-state index is 0.253. The summed E-state index contributed by atoms with van der Waals surface area (Å²) in [6, 6.07) is 0.253. The Bertz CT molecular complexity index is 242. The Labute approximate surface area is 88.8 Å². The molecular weight excluding hydrogens is 170 g/mol. The zero-order valence-corrected chi connectivity index (χ0v) is 10.5. The van der Waals surface area contributed by atoms with Crippen LogP contribution in [0.4, 0.5) is 0 Å². The van der Waals surface area contributed by atoms with Crippen molar-refractivity contribution in [1.82, 2.24) is 0 Å². The van der Waals surface area contributed by atoms with E-state index in [0.29, 0.717) is 16.7 Å².